The lowest BCUT2D eigenvalue weighted by Gasteiger charge is -2.34. The van der Waals surface area contributed by atoms with Crippen molar-refractivity contribution in [3.63, 3.8) is 0 Å². The average Bonchev–Trinajstić information content (AvgIpc) is 2.62. The van der Waals surface area contributed by atoms with Gasteiger partial charge in [0.05, 0.1) is 23.9 Å². The highest BCUT2D eigenvalue weighted by Crippen LogP contribution is 2.27. The van der Waals surface area contributed by atoms with E-state index >= 15 is 0 Å². The van der Waals surface area contributed by atoms with E-state index in [0.29, 0.717) is 24.7 Å². The second-order valence-corrected chi connectivity index (χ2v) is 6.29. The summed E-state index contributed by atoms with van der Waals surface area (Å²) in [5.74, 6) is 0.783. The van der Waals surface area contributed by atoms with Crippen LogP contribution in [0.15, 0.2) is 48.5 Å². The number of rotatable bonds is 6. The lowest BCUT2D eigenvalue weighted by Crippen LogP contribution is -2.50. The number of hydrogen-bond acceptors (Lipinski definition) is 4. The minimum Gasteiger partial charge on any atom is -0.491 e. The van der Waals surface area contributed by atoms with Crippen LogP contribution in [-0.2, 0) is 11.3 Å². The van der Waals surface area contributed by atoms with Gasteiger partial charge in [-0.2, -0.15) is 0 Å². The normalized spacial score (nSPS) is 15.4. The largest absolute Gasteiger partial charge is 0.491 e. The topological polar surface area (TPSA) is 53.0 Å². The molecule has 0 atom stereocenters. The SMILES string of the molecule is O=C1CN(Cc2ccccc2OCCO)CCN1c1ccccc1Cl. The predicted octanol–water partition coefficient (Wildman–Crippen LogP) is 2.56. The van der Waals surface area contributed by atoms with E-state index in [-0.39, 0.29) is 19.1 Å². The summed E-state index contributed by atoms with van der Waals surface area (Å²) in [6, 6.07) is 15.1. The molecule has 0 unspecified atom stereocenters. The van der Waals surface area contributed by atoms with Gasteiger partial charge in [0.15, 0.2) is 0 Å². The Labute approximate surface area is 152 Å². The highest BCUT2D eigenvalue weighted by molar-refractivity contribution is 6.33. The van der Waals surface area contributed by atoms with Gasteiger partial charge in [-0.25, -0.2) is 0 Å². The Bertz CT molecular complexity index is 738. The van der Waals surface area contributed by atoms with Crippen LogP contribution in [0.2, 0.25) is 5.02 Å². The first kappa shape index (κ1) is 17.7. The fraction of sp³-hybridized carbons (Fsp3) is 0.316. The van der Waals surface area contributed by atoms with Crippen molar-refractivity contribution in [1.29, 1.82) is 0 Å². The maximum absolute atomic E-state index is 12.6. The van der Waals surface area contributed by atoms with E-state index in [2.05, 4.69) is 4.90 Å². The molecule has 1 amide bonds. The number of hydrogen-bond donors (Lipinski definition) is 1. The first-order chi connectivity index (χ1) is 12.2. The van der Waals surface area contributed by atoms with E-state index in [1.165, 1.54) is 0 Å². The molecule has 25 heavy (non-hydrogen) atoms. The number of nitrogens with zero attached hydrogens (tertiary/aromatic N) is 2. The molecule has 0 aliphatic carbocycles. The number of anilines is 1. The summed E-state index contributed by atoms with van der Waals surface area (Å²) in [7, 11) is 0. The zero-order chi connectivity index (χ0) is 17.6. The van der Waals surface area contributed by atoms with Crippen LogP contribution in [0.3, 0.4) is 0 Å². The molecule has 1 aliphatic rings. The molecule has 6 heteroatoms. The lowest BCUT2D eigenvalue weighted by atomic mass is 10.1. The smallest absolute Gasteiger partial charge is 0.241 e. The summed E-state index contributed by atoms with van der Waals surface area (Å²) in [4.78, 5) is 16.4. The van der Waals surface area contributed by atoms with Crippen LogP contribution in [-0.4, -0.2) is 48.8 Å². The molecule has 0 spiro atoms. The van der Waals surface area contributed by atoms with Gasteiger partial charge in [0.25, 0.3) is 0 Å². The van der Waals surface area contributed by atoms with Crippen molar-refractivity contribution in [2.75, 3.05) is 37.7 Å². The number of carbonyl (C=O) groups excluding carboxylic acids is 1. The Morgan fingerprint density at radius 3 is 2.60 bits per heavy atom. The van der Waals surface area contributed by atoms with Gasteiger partial charge in [-0.3, -0.25) is 9.69 Å². The number of halogens is 1. The fourth-order valence-electron chi connectivity index (χ4n) is 2.95. The molecule has 3 rings (SSSR count). The molecule has 0 radical (unpaired) electrons. The van der Waals surface area contributed by atoms with E-state index in [4.69, 9.17) is 21.4 Å². The summed E-state index contributed by atoms with van der Waals surface area (Å²) in [5, 5.41) is 9.53. The molecular formula is C19H21ClN2O3. The van der Waals surface area contributed by atoms with Crippen LogP contribution in [0.25, 0.3) is 0 Å². The zero-order valence-corrected chi connectivity index (χ0v) is 14.7. The van der Waals surface area contributed by atoms with Gasteiger partial charge in [-0.1, -0.05) is 41.9 Å². The molecule has 1 heterocycles. The molecule has 2 aromatic carbocycles. The third kappa shape index (κ3) is 4.31. The molecule has 0 bridgehead atoms. The molecule has 1 aliphatic heterocycles. The van der Waals surface area contributed by atoms with E-state index in [1.807, 2.05) is 42.5 Å². The highest BCUT2D eigenvalue weighted by Gasteiger charge is 2.26. The van der Waals surface area contributed by atoms with Crippen molar-refractivity contribution in [3.05, 3.63) is 59.1 Å². The monoisotopic (exact) mass is 360 g/mol. The molecule has 1 saturated heterocycles. The van der Waals surface area contributed by atoms with Crippen molar-refractivity contribution in [3.8, 4) is 5.75 Å². The third-order valence-electron chi connectivity index (χ3n) is 4.16. The van der Waals surface area contributed by atoms with Crippen molar-refractivity contribution in [2.24, 2.45) is 0 Å². The van der Waals surface area contributed by atoms with Crippen LogP contribution < -0.4 is 9.64 Å². The van der Waals surface area contributed by atoms with Gasteiger partial charge in [-0.15, -0.1) is 0 Å². The Morgan fingerprint density at radius 1 is 1.08 bits per heavy atom. The van der Waals surface area contributed by atoms with E-state index < -0.39 is 0 Å². The van der Waals surface area contributed by atoms with E-state index in [1.54, 1.807) is 11.0 Å². The number of para-hydroxylation sites is 2. The molecule has 2 aromatic rings. The number of aliphatic hydroxyl groups is 1. The summed E-state index contributed by atoms with van der Waals surface area (Å²) in [6.45, 7) is 2.55. The molecule has 0 aromatic heterocycles. The van der Waals surface area contributed by atoms with Crippen molar-refractivity contribution >= 4 is 23.2 Å². The van der Waals surface area contributed by atoms with Gasteiger partial charge >= 0.3 is 0 Å². The summed E-state index contributed by atoms with van der Waals surface area (Å²) in [6.07, 6.45) is 0. The maximum Gasteiger partial charge on any atom is 0.241 e. The second-order valence-electron chi connectivity index (χ2n) is 5.89. The van der Waals surface area contributed by atoms with Crippen LogP contribution in [0.4, 0.5) is 5.69 Å². The molecule has 1 fully saturated rings. The van der Waals surface area contributed by atoms with Gasteiger partial charge in [-0.05, 0) is 18.2 Å². The van der Waals surface area contributed by atoms with Crippen LogP contribution in [0.5, 0.6) is 5.75 Å². The second kappa shape index (κ2) is 8.34. The lowest BCUT2D eigenvalue weighted by molar-refractivity contribution is -0.121. The fourth-order valence-corrected chi connectivity index (χ4v) is 3.19. The summed E-state index contributed by atoms with van der Waals surface area (Å²) >= 11 is 6.21. The summed E-state index contributed by atoms with van der Waals surface area (Å²) < 4.78 is 5.57. The number of ether oxygens (including phenoxy) is 1. The van der Waals surface area contributed by atoms with Gasteiger partial charge in [0.1, 0.15) is 12.4 Å². The first-order valence-corrected chi connectivity index (χ1v) is 8.65. The Morgan fingerprint density at radius 2 is 1.84 bits per heavy atom. The number of piperazine rings is 1. The Balaban J connectivity index is 1.66. The summed E-state index contributed by atoms with van der Waals surface area (Å²) in [5.41, 5.74) is 1.77. The predicted molar refractivity (Wildman–Crippen MR) is 98.1 cm³/mol. The maximum atomic E-state index is 12.6. The molecular weight excluding hydrogens is 340 g/mol. The Hall–Kier alpha value is -2.08. The van der Waals surface area contributed by atoms with Crippen LogP contribution >= 0.6 is 11.6 Å². The van der Waals surface area contributed by atoms with Crippen LogP contribution in [0, 0.1) is 0 Å². The highest BCUT2D eigenvalue weighted by atomic mass is 35.5. The van der Waals surface area contributed by atoms with Gasteiger partial charge in [0, 0.05) is 25.2 Å². The van der Waals surface area contributed by atoms with Crippen molar-refractivity contribution in [1.82, 2.24) is 4.90 Å². The number of aliphatic hydroxyl groups excluding tert-OH is 1. The number of amides is 1. The standard InChI is InChI=1S/C19H21ClN2O3/c20-16-6-2-3-7-17(16)22-10-9-21(14-19(22)24)13-15-5-1-4-8-18(15)25-12-11-23/h1-8,23H,9-14H2. The average molecular weight is 361 g/mol. The zero-order valence-electron chi connectivity index (χ0n) is 13.9. The van der Waals surface area contributed by atoms with E-state index in [0.717, 1.165) is 23.5 Å². The molecule has 132 valence electrons. The number of carbonyl (C=O) groups is 1. The molecule has 5 nitrogen and oxygen atoms in total. The van der Waals surface area contributed by atoms with Gasteiger partial charge in [0.2, 0.25) is 5.91 Å². The minimum atomic E-state index is -0.0245. The quantitative estimate of drug-likeness (QED) is 0.860. The van der Waals surface area contributed by atoms with Gasteiger partial charge < -0.3 is 14.7 Å². The van der Waals surface area contributed by atoms with Crippen molar-refractivity contribution in [2.45, 2.75) is 6.54 Å². The van der Waals surface area contributed by atoms with E-state index in [9.17, 15) is 4.79 Å². The van der Waals surface area contributed by atoms with Crippen molar-refractivity contribution < 1.29 is 14.6 Å². The third-order valence-corrected chi connectivity index (χ3v) is 4.48. The molecule has 0 saturated carbocycles. The molecule has 1 N–H and O–H groups in total. The Kier molecular flexibility index (Phi) is 5.91. The first-order valence-electron chi connectivity index (χ1n) is 8.28. The number of benzene rings is 2. The minimum absolute atomic E-state index is 0.0245. The van der Waals surface area contributed by atoms with Crippen LogP contribution in [0.1, 0.15) is 5.56 Å².